The van der Waals surface area contributed by atoms with Crippen LogP contribution in [0, 0.1) is 6.92 Å². The molecular formula is C22H20N2O2. The zero-order valence-electron chi connectivity index (χ0n) is 14.6. The monoisotopic (exact) mass is 344 g/mol. The van der Waals surface area contributed by atoms with Gasteiger partial charge in [0.15, 0.2) is 0 Å². The van der Waals surface area contributed by atoms with Crippen LogP contribution < -0.4 is 10.2 Å². The summed E-state index contributed by atoms with van der Waals surface area (Å²) in [6, 6.07) is 24.9. The predicted molar refractivity (Wildman–Crippen MR) is 103 cm³/mol. The van der Waals surface area contributed by atoms with Gasteiger partial charge in [0, 0.05) is 5.56 Å². The number of benzene rings is 3. The maximum Gasteiger partial charge on any atom is 0.271 e. The molecule has 0 aromatic heterocycles. The lowest BCUT2D eigenvalue weighted by Crippen LogP contribution is -2.17. The smallest absolute Gasteiger partial charge is 0.271 e. The van der Waals surface area contributed by atoms with Crippen molar-refractivity contribution in [3.63, 3.8) is 0 Å². The minimum Gasteiger partial charge on any atom is -0.489 e. The fourth-order valence-corrected chi connectivity index (χ4v) is 2.36. The average molecular weight is 344 g/mol. The van der Waals surface area contributed by atoms with E-state index < -0.39 is 0 Å². The van der Waals surface area contributed by atoms with Gasteiger partial charge >= 0.3 is 0 Å². The van der Waals surface area contributed by atoms with Crippen LogP contribution >= 0.6 is 0 Å². The first-order chi connectivity index (χ1) is 12.7. The van der Waals surface area contributed by atoms with E-state index in [1.165, 1.54) is 0 Å². The third-order valence-electron chi connectivity index (χ3n) is 3.80. The molecule has 0 radical (unpaired) electrons. The number of hydrazone groups is 1. The number of carbonyl (C=O) groups is 1. The lowest BCUT2D eigenvalue weighted by molar-refractivity contribution is 0.0955. The number of aryl methyl sites for hydroxylation is 1. The van der Waals surface area contributed by atoms with Crippen molar-refractivity contribution in [2.45, 2.75) is 13.5 Å². The van der Waals surface area contributed by atoms with Crippen molar-refractivity contribution in [2.24, 2.45) is 5.10 Å². The molecule has 3 aromatic carbocycles. The van der Waals surface area contributed by atoms with E-state index >= 15 is 0 Å². The summed E-state index contributed by atoms with van der Waals surface area (Å²) in [6.07, 6.45) is 1.60. The van der Waals surface area contributed by atoms with Gasteiger partial charge in [0.1, 0.15) is 12.4 Å². The van der Waals surface area contributed by atoms with Crippen molar-refractivity contribution in [3.8, 4) is 5.75 Å². The van der Waals surface area contributed by atoms with E-state index in [0.29, 0.717) is 12.2 Å². The summed E-state index contributed by atoms with van der Waals surface area (Å²) in [5.74, 6) is 0.514. The molecule has 0 unspecified atom stereocenters. The van der Waals surface area contributed by atoms with Gasteiger partial charge in [-0.2, -0.15) is 5.10 Å². The zero-order valence-corrected chi connectivity index (χ0v) is 14.6. The van der Waals surface area contributed by atoms with Crippen LogP contribution in [0.15, 0.2) is 84.0 Å². The first-order valence-electron chi connectivity index (χ1n) is 8.37. The molecule has 1 amide bonds. The quantitative estimate of drug-likeness (QED) is 0.534. The Hall–Kier alpha value is -3.40. The van der Waals surface area contributed by atoms with Crippen molar-refractivity contribution < 1.29 is 9.53 Å². The van der Waals surface area contributed by atoms with Crippen molar-refractivity contribution in [1.29, 1.82) is 0 Å². The van der Waals surface area contributed by atoms with Crippen molar-refractivity contribution in [2.75, 3.05) is 0 Å². The van der Waals surface area contributed by atoms with Gasteiger partial charge in [0.05, 0.1) is 6.21 Å². The first-order valence-corrected chi connectivity index (χ1v) is 8.37. The molecule has 26 heavy (non-hydrogen) atoms. The highest BCUT2D eigenvalue weighted by molar-refractivity contribution is 5.94. The van der Waals surface area contributed by atoms with Crippen molar-refractivity contribution in [3.05, 3.63) is 101 Å². The molecule has 3 rings (SSSR count). The molecule has 0 aliphatic heterocycles. The fraction of sp³-hybridized carbons (Fsp3) is 0.0909. The standard InChI is InChI=1S/C22H20N2O2/c1-17-10-12-20(13-11-17)22(25)24-23-15-19-8-5-9-21(14-19)26-16-18-6-3-2-4-7-18/h2-15H,16H2,1H3,(H,24,25). The Labute approximate surface area is 153 Å². The fourth-order valence-electron chi connectivity index (χ4n) is 2.36. The number of amides is 1. The number of carbonyl (C=O) groups excluding carboxylic acids is 1. The van der Waals surface area contributed by atoms with Crippen LogP contribution in [-0.4, -0.2) is 12.1 Å². The second-order valence-electron chi connectivity index (χ2n) is 5.91. The third kappa shape index (κ3) is 5.05. The maximum atomic E-state index is 12.0. The van der Waals surface area contributed by atoms with E-state index in [1.54, 1.807) is 18.3 Å². The lowest BCUT2D eigenvalue weighted by Gasteiger charge is -2.06. The van der Waals surface area contributed by atoms with Gasteiger partial charge in [0.2, 0.25) is 0 Å². The summed E-state index contributed by atoms with van der Waals surface area (Å²) < 4.78 is 5.79. The Kier molecular flexibility index (Phi) is 5.78. The number of ether oxygens (including phenoxy) is 1. The third-order valence-corrected chi connectivity index (χ3v) is 3.80. The average Bonchev–Trinajstić information content (AvgIpc) is 2.68. The molecule has 0 atom stereocenters. The normalized spacial score (nSPS) is 10.7. The highest BCUT2D eigenvalue weighted by Crippen LogP contribution is 2.14. The number of hydrogen-bond donors (Lipinski definition) is 1. The molecule has 0 aliphatic carbocycles. The summed E-state index contributed by atoms with van der Waals surface area (Å²) in [5.41, 5.74) is 6.17. The molecule has 0 saturated heterocycles. The van der Waals surface area contributed by atoms with Gasteiger partial charge in [-0.3, -0.25) is 4.79 Å². The molecule has 0 fully saturated rings. The van der Waals surface area contributed by atoms with E-state index in [0.717, 1.165) is 22.4 Å². The molecule has 3 aromatic rings. The summed E-state index contributed by atoms with van der Waals surface area (Å²) in [4.78, 5) is 12.0. The highest BCUT2D eigenvalue weighted by atomic mass is 16.5. The predicted octanol–water partition coefficient (Wildman–Crippen LogP) is 4.34. The largest absolute Gasteiger partial charge is 0.489 e. The molecule has 1 N–H and O–H groups in total. The molecule has 0 aliphatic rings. The van der Waals surface area contributed by atoms with Crippen molar-refractivity contribution in [1.82, 2.24) is 5.43 Å². The Morgan fingerprint density at radius 1 is 1.00 bits per heavy atom. The summed E-state index contributed by atoms with van der Waals surface area (Å²) in [7, 11) is 0. The maximum absolute atomic E-state index is 12.0. The van der Waals surface area contributed by atoms with Crippen molar-refractivity contribution >= 4 is 12.1 Å². The SMILES string of the molecule is Cc1ccc(C(=O)NN=Cc2cccc(OCc3ccccc3)c2)cc1. The molecule has 0 spiro atoms. The summed E-state index contributed by atoms with van der Waals surface area (Å²) in [6.45, 7) is 2.48. The Balaban J connectivity index is 1.56. The second kappa shape index (κ2) is 8.62. The summed E-state index contributed by atoms with van der Waals surface area (Å²) >= 11 is 0. The Bertz CT molecular complexity index is 888. The van der Waals surface area contributed by atoms with Gasteiger partial charge < -0.3 is 4.74 Å². The molecular weight excluding hydrogens is 324 g/mol. The van der Waals surface area contributed by atoms with Gasteiger partial charge in [-0.1, -0.05) is 60.2 Å². The Morgan fingerprint density at radius 2 is 1.77 bits per heavy atom. The van der Waals surface area contributed by atoms with Crippen LogP contribution in [0.3, 0.4) is 0 Å². The minimum atomic E-state index is -0.238. The topological polar surface area (TPSA) is 50.7 Å². The molecule has 4 nitrogen and oxygen atoms in total. The van der Waals surface area contributed by atoms with Crippen LogP contribution in [0.25, 0.3) is 0 Å². The van der Waals surface area contributed by atoms with Gasteiger partial charge in [-0.25, -0.2) is 5.43 Å². The van der Waals surface area contributed by atoms with E-state index in [2.05, 4.69) is 10.5 Å². The van der Waals surface area contributed by atoms with E-state index in [-0.39, 0.29) is 5.91 Å². The van der Waals surface area contributed by atoms with Gasteiger partial charge in [-0.15, -0.1) is 0 Å². The van der Waals surface area contributed by atoms with Gasteiger partial charge in [0.25, 0.3) is 5.91 Å². The first kappa shape index (κ1) is 17.4. The lowest BCUT2D eigenvalue weighted by atomic mass is 10.1. The molecule has 130 valence electrons. The van der Waals surface area contributed by atoms with Crippen LogP contribution in [0.1, 0.15) is 27.0 Å². The molecule has 0 bridgehead atoms. The summed E-state index contributed by atoms with van der Waals surface area (Å²) in [5, 5.41) is 4.02. The van der Waals surface area contributed by atoms with Crippen LogP contribution in [0.2, 0.25) is 0 Å². The highest BCUT2D eigenvalue weighted by Gasteiger charge is 2.03. The number of nitrogens with one attached hydrogen (secondary N) is 1. The van der Waals surface area contributed by atoms with Crippen LogP contribution in [-0.2, 0) is 6.61 Å². The molecule has 0 heterocycles. The Morgan fingerprint density at radius 3 is 2.54 bits per heavy atom. The number of nitrogens with zero attached hydrogens (tertiary/aromatic N) is 1. The number of hydrogen-bond acceptors (Lipinski definition) is 3. The van der Waals surface area contributed by atoms with Crippen LogP contribution in [0.5, 0.6) is 5.75 Å². The van der Waals surface area contributed by atoms with E-state index in [9.17, 15) is 4.79 Å². The van der Waals surface area contributed by atoms with Gasteiger partial charge in [-0.05, 0) is 42.3 Å². The van der Waals surface area contributed by atoms with Crippen LogP contribution in [0.4, 0.5) is 0 Å². The molecule has 0 saturated carbocycles. The number of rotatable bonds is 6. The van der Waals surface area contributed by atoms with E-state index in [4.69, 9.17) is 4.74 Å². The van der Waals surface area contributed by atoms with E-state index in [1.807, 2.05) is 73.7 Å². The second-order valence-corrected chi connectivity index (χ2v) is 5.91. The molecule has 4 heteroatoms. The zero-order chi connectivity index (χ0) is 18.2. The minimum absolute atomic E-state index is 0.238.